The molecule has 2 atom stereocenters. The SMILES string of the molecule is CC(C)(C)OC(=O)N1C[C@@H]2C[C@H]1CN2CCCCc1cc(-c2ccc3cn(Cc4ccccc4)nc3c2)c2c(N)cnnn12. The molecule has 2 fully saturated rings. The number of carbonyl (C=O) groups is 1. The van der Waals surface area contributed by atoms with E-state index in [2.05, 4.69) is 69.9 Å². The fraction of sp³-hybridized carbons (Fsp3) is 0.412. The van der Waals surface area contributed by atoms with Crippen molar-refractivity contribution in [2.45, 2.75) is 70.7 Å². The molecule has 5 heterocycles. The number of nitrogen functional groups attached to an aromatic ring is 1. The van der Waals surface area contributed by atoms with Crippen LogP contribution in [-0.4, -0.2) is 77.8 Å². The third kappa shape index (κ3) is 5.61. The second-order valence-corrected chi connectivity index (χ2v) is 13.2. The molecule has 2 bridgehead atoms. The minimum atomic E-state index is -0.464. The van der Waals surface area contributed by atoms with E-state index >= 15 is 0 Å². The van der Waals surface area contributed by atoms with Crippen LogP contribution in [0.3, 0.4) is 0 Å². The van der Waals surface area contributed by atoms with E-state index in [9.17, 15) is 4.79 Å². The zero-order valence-electron chi connectivity index (χ0n) is 25.7. The summed E-state index contributed by atoms with van der Waals surface area (Å²) in [6.45, 7) is 9.20. The van der Waals surface area contributed by atoms with Gasteiger partial charge in [-0.3, -0.25) is 9.58 Å². The first kappa shape index (κ1) is 28.3. The van der Waals surface area contributed by atoms with Gasteiger partial charge >= 0.3 is 6.09 Å². The molecule has 1 amide bonds. The Morgan fingerprint density at radius 2 is 1.89 bits per heavy atom. The van der Waals surface area contributed by atoms with Crippen LogP contribution in [0.1, 0.15) is 51.3 Å². The summed E-state index contributed by atoms with van der Waals surface area (Å²) in [5.41, 5.74) is 12.9. The number of likely N-dealkylation sites (tertiary alicyclic amines) is 2. The molecule has 2 N–H and O–H groups in total. The van der Waals surface area contributed by atoms with Crippen LogP contribution in [0.25, 0.3) is 27.5 Å². The van der Waals surface area contributed by atoms with Crippen molar-refractivity contribution in [3.63, 3.8) is 0 Å². The van der Waals surface area contributed by atoms with Crippen LogP contribution in [0, 0.1) is 0 Å². The summed E-state index contributed by atoms with van der Waals surface area (Å²) in [6.07, 6.45) is 7.54. The molecule has 2 saturated heterocycles. The van der Waals surface area contributed by atoms with Gasteiger partial charge in [0.25, 0.3) is 0 Å². The highest BCUT2D eigenvalue weighted by Crippen LogP contribution is 2.34. The number of unbranched alkanes of at least 4 members (excludes halogenated alkanes) is 1. The van der Waals surface area contributed by atoms with E-state index < -0.39 is 5.60 Å². The maximum absolute atomic E-state index is 12.6. The number of anilines is 1. The lowest BCUT2D eigenvalue weighted by Gasteiger charge is -2.35. The smallest absolute Gasteiger partial charge is 0.410 e. The van der Waals surface area contributed by atoms with Crippen molar-refractivity contribution in [3.05, 3.63) is 78.2 Å². The van der Waals surface area contributed by atoms with Gasteiger partial charge in [-0.2, -0.15) is 5.10 Å². The van der Waals surface area contributed by atoms with E-state index in [0.717, 1.165) is 85.1 Å². The van der Waals surface area contributed by atoms with Crippen molar-refractivity contribution in [3.8, 4) is 11.1 Å². The highest BCUT2D eigenvalue weighted by atomic mass is 16.6. The van der Waals surface area contributed by atoms with Crippen molar-refractivity contribution < 1.29 is 9.53 Å². The molecular formula is C34H40N8O2. The molecule has 5 aromatic rings. The van der Waals surface area contributed by atoms with E-state index in [1.54, 1.807) is 6.20 Å². The number of ether oxygens (including phenoxy) is 1. The van der Waals surface area contributed by atoms with Crippen molar-refractivity contribution in [1.29, 1.82) is 0 Å². The first-order valence-corrected chi connectivity index (χ1v) is 15.6. The monoisotopic (exact) mass is 592 g/mol. The van der Waals surface area contributed by atoms with E-state index in [0.29, 0.717) is 11.7 Å². The predicted octanol–water partition coefficient (Wildman–Crippen LogP) is 5.39. The Morgan fingerprint density at radius 1 is 1.05 bits per heavy atom. The third-order valence-electron chi connectivity index (χ3n) is 8.82. The van der Waals surface area contributed by atoms with Gasteiger partial charge in [0, 0.05) is 48.0 Å². The predicted molar refractivity (Wildman–Crippen MR) is 171 cm³/mol. The molecule has 2 aliphatic rings. The van der Waals surface area contributed by atoms with Crippen LogP contribution >= 0.6 is 0 Å². The fourth-order valence-corrected chi connectivity index (χ4v) is 6.81. The van der Waals surface area contributed by atoms with E-state index in [1.165, 1.54) is 5.56 Å². The second kappa shape index (κ2) is 11.2. The zero-order chi connectivity index (χ0) is 30.4. The summed E-state index contributed by atoms with van der Waals surface area (Å²) in [5, 5.41) is 14.6. The lowest BCUT2D eigenvalue weighted by atomic mass is 10.0. The quantitative estimate of drug-likeness (QED) is 0.241. The van der Waals surface area contributed by atoms with Crippen LogP contribution in [0.2, 0.25) is 0 Å². The number of nitrogens with two attached hydrogens (primary N) is 1. The molecule has 10 nitrogen and oxygen atoms in total. The van der Waals surface area contributed by atoms with Crippen molar-refractivity contribution in [2.75, 3.05) is 25.4 Å². The average molecular weight is 593 g/mol. The normalized spacial score (nSPS) is 18.6. The van der Waals surface area contributed by atoms with Crippen molar-refractivity contribution in [2.24, 2.45) is 0 Å². The number of fused-ring (bicyclic) bond motifs is 4. The molecule has 3 aromatic heterocycles. The van der Waals surface area contributed by atoms with Gasteiger partial charge in [0.05, 0.1) is 29.5 Å². The molecule has 0 aliphatic carbocycles. The van der Waals surface area contributed by atoms with Gasteiger partial charge < -0.3 is 15.4 Å². The molecule has 10 heteroatoms. The van der Waals surface area contributed by atoms with Gasteiger partial charge in [-0.15, -0.1) is 5.10 Å². The first-order valence-electron chi connectivity index (χ1n) is 15.6. The number of hydrogen-bond acceptors (Lipinski definition) is 7. The van der Waals surface area contributed by atoms with Crippen LogP contribution in [0.15, 0.2) is 67.0 Å². The highest BCUT2D eigenvalue weighted by molar-refractivity contribution is 5.93. The minimum Gasteiger partial charge on any atom is -0.444 e. The molecule has 2 aliphatic heterocycles. The molecule has 2 aromatic carbocycles. The number of carbonyl (C=O) groups excluding carboxylic acids is 1. The molecule has 0 saturated carbocycles. The molecule has 0 spiro atoms. The Kier molecular flexibility index (Phi) is 7.24. The standard InChI is InChI=1S/C34H40N8O2/c1-34(2,3)44-33(43)41-22-27-16-28(41)21-39(27)14-8-7-11-26-17-29(32-30(35)18-36-38-42(26)32)24-12-13-25-20-40(37-31(25)15-24)19-23-9-5-4-6-10-23/h4-6,9-10,12-13,15,17-18,20,27-28H,7-8,11,14,16,19,21-22,35H2,1-3H3/t27-,28-/m0/s1. The van der Waals surface area contributed by atoms with Gasteiger partial charge in [0.1, 0.15) is 5.60 Å². The molecule has 0 unspecified atom stereocenters. The van der Waals surface area contributed by atoms with E-state index in [4.69, 9.17) is 15.6 Å². The summed E-state index contributed by atoms with van der Waals surface area (Å²) in [4.78, 5) is 17.1. The lowest BCUT2D eigenvalue weighted by Crippen LogP contribution is -2.50. The maximum atomic E-state index is 12.6. The number of rotatable bonds is 8. The van der Waals surface area contributed by atoms with E-state index in [-0.39, 0.29) is 12.1 Å². The molecule has 228 valence electrons. The van der Waals surface area contributed by atoms with Gasteiger partial charge in [0.2, 0.25) is 0 Å². The van der Waals surface area contributed by atoms with Crippen LogP contribution in [-0.2, 0) is 17.7 Å². The summed E-state index contributed by atoms with van der Waals surface area (Å²) < 4.78 is 9.52. The Labute approximate surface area is 257 Å². The Hall–Kier alpha value is -4.44. The summed E-state index contributed by atoms with van der Waals surface area (Å²) >= 11 is 0. The zero-order valence-corrected chi connectivity index (χ0v) is 25.7. The number of nitrogens with zero attached hydrogens (tertiary/aromatic N) is 7. The number of hydrogen-bond donors (Lipinski definition) is 1. The summed E-state index contributed by atoms with van der Waals surface area (Å²) in [6, 6.07) is 19.7. The number of piperazine rings is 1. The Bertz CT molecular complexity index is 1800. The van der Waals surface area contributed by atoms with Gasteiger partial charge in [-0.05, 0) is 76.3 Å². The molecular weight excluding hydrogens is 552 g/mol. The largest absolute Gasteiger partial charge is 0.444 e. The van der Waals surface area contributed by atoms with Crippen molar-refractivity contribution in [1.82, 2.24) is 34.4 Å². The third-order valence-corrected chi connectivity index (χ3v) is 8.82. The Morgan fingerprint density at radius 3 is 2.66 bits per heavy atom. The summed E-state index contributed by atoms with van der Waals surface area (Å²) in [7, 11) is 0. The van der Waals surface area contributed by atoms with Crippen LogP contribution < -0.4 is 5.73 Å². The molecule has 7 rings (SSSR count). The van der Waals surface area contributed by atoms with Gasteiger partial charge in [-0.25, -0.2) is 9.31 Å². The lowest BCUT2D eigenvalue weighted by molar-refractivity contribution is 0.0129. The average Bonchev–Trinajstić information content (AvgIpc) is 3.77. The maximum Gasteiger partial charge on any atom is 0.410 e. The Balaban J connectivity index is 1.02. The number of aromatic nitrogens is 5. The highest BCUT2D eigenvalue weighted by Gasteiger charge is 2.46. The van der Waals surface area contributed by atoms with E-state index in [1.807, 2.05) is 40.9 Å². The minimum absolute atomic E-state index is 0.180. The topological polar surface area (TPSA) is 107 Å². The van der Waals surface area contributed by atoms with Crippen LogP contribution in [0.4, 0.5) is 10.5 Å². The van der Waals surface area contributed by atoms with Crippen LogP contribution in [0.5, 0.6) is 0 Å². The number of amides is 1. The molecule has 44 heavy (non-hydrogen) atoms. The first-order chi connectivity index (χ1) is 21.2. The van der Waals surface area contributed by atoms with Crippen molar-refractivity contribution >= 4 is 28.2 Å². The second-order valence-electron chi connectivity index (χ2n) is 13.2. The van der Waals surface area contributed by atoms with Gasteiger partial charge in [-0.1, -0.05) is 47.7 Å². The number of aryl methyl sites for hydroxylation is 1. The number of benzene rings is 2. The fourth-order valence-electron chi connectivity index (χ4n) is 6.81. The van der Waals surface area contributed by atoms with Gasteiger partial charge in [0.15, 0.2) is 0 Å². The molecule has 0 radical (unpaired) electrons. The summed E-state index contributed by atoms with van der Waals surface area (Å²) in [5.74, 6) is 0.